The van der Waals surface area contributed by atoms with Crippen molar-refractivity contribution in [2.24, 2.45) is 4.99 Å². The summed E-state index contributed by atoms with van der Waals surface area (Å²) in [7, 11) is 0. The first-order chi connectivity index (χ1) is 4.76. The van der Waals surface area contributed by atoms with Gasteiger partial charge in [-0.25, -0.2) is 4.79 Å². The second-order valence-electron chi connectivity index (χ2n) is 1.37. The highest BCUT2D eigenvalue weighted by Gasteiger charge is 2.03. The van der Waals surface area contributed by atoms with Crippen molar-refractivity contribution in [2.45, 2.75) is 6.92 Å². The first kappa shape index (κ1) is 9.14. The minimum absolute atomic E-state index is 0.155. The number of isocyanates is 1. The minimum atomic E-state index is -0.217. The van der Waals surface area contributed by atoms with Crippen molar-refractivity contribution in [2.75, 3.05) is 6.26 Å². The number of rotatable bonds is 2. The van der Waals surface area contributed by atoms with E-state index in [0.717, 1.165) is 11.8 Å². The van der Waals surface area contributed by atoms with Gasteiger partial charge in [-0.1, -0.05) is 17.8 Å². The summed E-state index contributed by atoms with van der Waals surface area (Å²) in [4.78, 5) is 23.7. The molecule has 3 nitrogen and oxygen atoms in total. The molecule has 0 spiro atoms. The number of carbonyl (C=O) groups is 1. The van der Waals surface area contributed by atoms with Crippen molar-refractivity contribution in [3.8, 4) is 0 Å². The van der Waals surface area contributed by atoms with Gasteiger partial charge in [0.2, 0.25) is 11.2 Å². The van der Waals surface area contributed by atoms with Crippen LogP contribution in [0.3, 0.4) is 0 Å². The Bertz CT molecular complexity index is 204. The molecular formula is C6H7NO2S. The summed E-state index contributed by atoms with van der Waals surface area (Å²) < 4.78 is 0. The monoisotopic (exact) mass is 157 g/mol. The zero-order chi connectivity index (χ0) is 7.98. The van der Waals surface area contributed by atoms with Crippen LogP contribution in [0.2, 0.25) is 0 Å². The van der Waals surface area contributed by atoms with Gasteiger partial charge in [0.25, 0.3) is 0 Å². The molecule has 0 aromatic carbocycles. The predicted molar refractivity (Wildman–Crippen MR) is 40.4 cm³/mol. The molecule has 0 fully saturated rings. The molecule has 0 aliphatic heterocycles. The third-order valence-electron chi connectivity index (χ3n) is 0.834. The van der Waals surface area contributed by atoms with Crippen molar-refractivity contribution >= 4 is 23.0 Å². The second-order valence-corrected chi connectivity index (χ2v) is 2.15. The summed E-state index contributed by atoms with van der Waals surface area (Å²) in [5.74, 6) is 0. The fourth-order valence-electron chi connectivity index (χ4n) is 0.382. The van der Waals surface area contributed by atoms with Crippen molar-refractivity contribution in [3.63, 3.8) is 0 Å². The summed E-state index contributed by atoms with van der Waals surface area (Å²) in [6.45, 7) is 1.64. The van der Waals surface area contributed by atoms with E-state index in [-0.39, 0.29) is 10.8 Å². The van der Waals surface area contributed by atoms with Gasteiger partial charge in [-0.15, -0.1) is 0 Å². The van der Waals surface area contributed by atoms with Gasteiger partial charge in [-0.05, 0) is 13.2 Å². The molecule has 0 saturated carbocycles. The van der Waals surface area contributed by atoms with Crippen LogP contribution >= 0.6 is 11.8 Å². The lowest BCUT2D eigenvalue weighted by Gasteiger charge is -1.90. The first-order valence-corrected chi connectivity index (χ1v) is 3.81. The van der Waals surface area contributed by atoms with E-state index in [9.17, 15) is 9.59 Å². The van der Waals surface area contributed by atoms with Crippen LogP contribution in [0.25, 0.3) is 0 Å². The first-order valence-electron chi connectivity index (χ1n) is 2.58. The van der Waals surface area contributed by atoms with E-state index in [1.54, 1.807) is 13.2 Å². The van der Waals surface area contributed by atoms with E-state index in [0.29, 0.717) is 0 Å². The minimum Gasteiger partial charge on any atom is -0.280 e. The summed E-state index contributed by atoms with van der Waals surface area (Å²) in [5.41, 5.74) is 0.155. The average Bonchev–Trinajstić information content (AvgIpc) is 1.99. The van der Waals surface area contributed by atoms with Gasteiger partial charge in [0.15, 0.2) is 0 Å². The number of hydrogen-bond acceptors (Lipinski definition) is 4. The highest BCUT2D eigenvalue weighted by atomic mass is 32.2. The molecule has 0 N–H and O–H groups in total. The fraction of sp³-hybridized carbons (Fsp3) is 0.333. The van der Waals surface area contributed by atoms with Crippen LogP contribution in [0.1, 0.15) is 6.92 Å². The van der Waals surface area contributed by atoms with E-state index >= 15 is 0 Å². The quantitative estimate of drug-likeness (QED) is 0.343. The molecule has 0 bridgehead atoms. The third-order valence-corrected chi connectivity index (χ3v) is 1.41. The SMILES string of the molecule is C/C=C(\N=C=O)C(=O)SC. The zero-order valence-corrected chi connectivity index (χ0v) is 6.57. The molecule has 10 heavy (non-hydrogen) atoms. The van der Waals surface area contributed by atoms with Crippen LogP contribution in [0.5, 0.6) is 0 Å². The standard InChI is InChI=1S/C6H7NO2S/c1-3-5(7-4-8)6(9)10-2/h3H,1-2H3/b5-3-. The molecule has 0 radical (unpaired) electrons. The Morgan fingerprint density at radius 3 is 2.60 bits per heavy atom. The molecule has 54 valence electrons. The zero-order valence-electron chi connectivity index (χ0n) is 5.75. The largest absolute Gasteiger partial charge is 0.280 e. The number of allylic oxidation sites excluding steroid dienone is 1. The average molecular weight is 157 g/mol. The van der Waals surface area contributed by atoms with Crippen LogP contribution in [0.4, 0.5) is 0 Å². The molecule has 0 rings (SSSR count). The number of thioether (sulfide) groups is 1. The summed E-state index contributed by atoms with van der Waals surface area (Å²) in [5, 5.41) is -0.217. The lowest BCUT2D eigenvalue weighted by atomic mass is 10.5. The third kappa shape index (κ3) is 2.62. The topological polar surface area (TPSA) is 46.5 Å². The lowest BCUT2D eigenvalue weighted by molar-refractivity contribution is -0.107. The molecule has 0 aromatic heterocycles. The molecule has 4 heteroatoms. The maximum atomic E-state index is 10.8. The summed E-state index contributed by atoms with van der Waals surface area (Å²) >= 11 is 1.02. The molecule has 0 amide bonds. The lowest BCUT2D eigenvalue weighted by Crippen LogP contribution is -1.91. The van der Waals surface area contributed by atoms with E-state index in [2.05, 4.69) is 4.99 Å². The molecule has 0 aliphatic carbocycles. The molecular weight excluding hydrogens is 150 g/mol. The number of carbonyl (C=O) groups excluding carboxylic acids is 2. The Balaban J connectivity index is 4.38. The molecule has 0 unspecified atom stereocenters. The molecule has 0 atom stereocenters. The summed E-state index contributed by atoms with van der Waals surface area (Å²) in [6.07, 6.45) is 4.41. The van der Waals surface area contributed by atoms with Crippen molar-refractivity contribution in [1.82, 2.24) is 0 Å². The molecule has 0 saturated heterocycles. The molecule has 0 aliphatic rings. The summed E-state index contributed by atoms with van der Waals surface area (Å²) in [6, 6.07) is 0. The van der Waals surface area contributed by atoms with Gasteiger partial charge in [0.1, 0.15) is 5.70 Å². The van der Waals surface area contributed by atoms with E-state index < -0.39 is 0 Å². The Labute approximate surface area is 63.2 Å². The van der Waals surface area contributed by atoms with Crippen LogP contribution in [-0.2, 0) is 9.59 Å². The van der Waals surface area contributed by atoms with Crippen molar-refractivity contribution in [1.29, 1.82) is 0 Å². The van der Waals surface area contributed by atoms with Crippen LogP contribution < -0.4 is 0 Å². The van der Waals surface area contributed by atoms with E-state index in [1.165, 1.54) is 12.2 Å². The van der Waals surface area contributed by atoms with Crippen LogP contribution in [-0.4, -0.2) is 17.5 Å². The van der Waals surface area contributed by atoms with Crippen LogP contribution in [0.15, 0.2) is 16.8 Å². The smallest absolute Gasteiger partial charge is 0.240 e. The van der Waals surface area contributed by atoms with Crippen molar-refractivity contribution in [3.05, 3.63) is 11.8 Å². The fourth-order valence-corrected chi connectivity index (χ4v) is 0.754. The maximum absolute atomic E-state index is 10.8. The molecule has 0 aromatic rings. The van der Waals surface area contributed by atoms with Gasteiger partial charge >= 0.3 is 0 Å². The highest BCUT2D eigenvalue weighted by Crippen LogP contribution is 2.06. The Kier molecular flexibility index (Phi) is 4.54. The van der Waals surface area contributed by atoms with Gasteiger partial charge in [-0.2, -0.15) is 4.99 Å². The van der Waals surface area contributed by atoms with Gasteiger partial charge in [0, 0.05) is 0 Å². The van der Waals surface area contributed by atoms with Gasteiger partial charge in [-0.3, -0.25) is 4.79 Å². The van der Waals surface area contributed by atoms with Crippen molar-refractivity contribution < 1.29 is 9.59 Å². The van der Waals surface area contributed by atoms with Crippen LogP contribution in [0, 0.1) is 0 Å². The van der Waals surface area contributed by atoms with E-state index in [4.69, 9.17) is 0 Å². The Morgan fingerprint density at radius 1 is 1.70 bits per heavy atom. The second kappa shape index (κ2) is 4.97. The Morgan fingerprint density at radius 2 is 2.30 bits per heavy atom. The maximum Gasteiger partial charge on any atom is 0.240 e. The highest BCUT2D eigenvalue weighted by molar-refractivity contribution is 8.13. The van der Waals surface area contributed by atoms with E-state index in [1.807, 2.05) is 0 Å². The number of nitrogens with zero attached hydrogens (tertiary/aromatic N) is 1. The normalized spacial score (nSPS) is 10.4. The Hall–Kier alpha value is -0.860. The molecule has 0 heterocycles. The number of hydrogen-bond donors (Lipinski definition) is 0. The number of aliphatic imine (C=N–C) groups is 1. The van der Waals surface area contributed by atoms with Gasteiger partial charge in [0.05, 0.1) is 0 Å². The van der Waals surface area contributed by atoms with Gasteiger partial charge < -0.3 is 0 Å². The predicted octanol–water partition coefficient (Wildman–Crippen LogP) is 1.12.